The van der Waals surface area contributed by atoms with E-state index in [1.165, 1.54) is 49.5 Å². The van der Waals surface area contributed by atoms with Crippen molar-refractivity contribution in [2.24, 2.45) is 0 Å². The van der Waals surface area contributed by atoms with E-state index in [2.05, 4.69) is 125 Å². The van der Waals surface area contributed by atoms with Gasteiger partial charge < -0.3 is 9.64 Å². The van der Waals surface area contributed by atoms with Gasteiger partial charge in [0.2, 0.25) is 0 Å². The van der Waals surface area contributed by atoms with Crippen molar-refractivity contribution in [3.05, 3.63) is 101 Å². The molecule has 0 fully saturated rings. The molecule has 0 aliphatic carbocycles. The normalized spacial score (nSPS) is 13.0. The van der Waals surface area contributed by atoms with Crippen LogP contribution in [0.4, 0.5) is 17.1 Å². The highest BCUT2D eigenvalue weighted by Gasteiger charge is 2.30. The summed E-state index contributed by atoms with van der Waals surface area (Å²) in [7, 11) is 0. The van der Waals surface area contributed by atoms with Crippen molar-refractivity contribution >= 4 is 38.6 Å². The Morgan fingerprint density at radius 1 is 0.600 bits per heavy atom. The lowest BCUT2D eigenvalue weighted by Crippen LogP contribution is -2.19. The number of anilines is 3. The zero-order chi connectivity index (χ0) is 24.5. The molecule has 0 unspecified atom stereocenters. The van der Waals surface area contributed by atoms with Crippen LogP contribution in [0.15, 0.2) is 78.9 Å². The lowest BCUT2D eigenvalue weighted by atomic mass is 9.84. The summed E-state index contributed by atoms with van der Waals surface area (Å²) in [5.41, 5.74) is 8.65. The summed E-state index contributed by atoms with van der Waals surface area (Å²) in [6.07, 6.45) is 0. The van der Waals surface area contributed by atoms with Crippen LogP contribution in [0.3, 0.4) is 0 Å². The lowest BCUT2D eigenvalue weighted by Gasteiger charge is -2.36. The largest absolute Gasteiger partial charge is 0.453 e. The first-order chi connectivity index (χ1) is 16.7. The molecule has 5 aromatic rings. The highest BCUT2D eigenvalue weighted by atomic mass is 16.5. The summed E-state index contributed by atoms with van der Waals surface area (Å²) in [4.78, 5) is 2.42. The molecular weight excluding hydrogens is 426 g/mol. The van der Waals surface area contributed by atoms with Crippen LogP contribution >= 0.6 is 0 Å². The molecule has 174 valence electrons. The number of fused-ring (bicyclic) bond motifs is 4. The zero-order valence-corrected chi connectivity index (χ0v) is 21.4. The zero-order valence-electron chi connectivity index (χ0n) is 21.4. The van der Waals surface area contributed by atoms with Gasteiger partial charge >= 0.3 is 0 Å². The van der Waals surface area contributed by atoms with Gasteiger partial charge in [0, 0.05) is 0 Å². The number of rotatable bonds is 1. The maximum atomic E-state index is 6.59. The second-order valence-electron chi connectivity index (χ2n) is 11.0. The molecule has 1 aliphatic heterocycles. The van der Waals surface area contributed by atoms with E-state index < -0.39 is 0 Å². The number of hydrogen-bond acceptors (Lipinski definition) is 2. The fourth-order valence-corrected chi connectivity index (χ4v) is 5.34. The van der Waals surface area contributed by atoms with Crippen LogP contribution in [0, 0.1) is 20.8 Å². The van der Waals surface area contributed by atoms with Gasteiger partial charge in [0.05, 0.1) is 17.1 Å². The van der Waals surface area contributed by atoms with Crippen LogP contribution in [0.25, 0.3) is 21.5 Å². The molecule has 2 nitrogen and oxygen atoms in total. The van der Waals surface area contributed by atoms with Gasteiger partial charge in [0.25, 0.3) is 0 Å². The predicted octanol–water partition coefficient (Wildman–Crippen LogP) is 9.79. The highest BCUT2D eigenvalue weighted by Crippen LogP contribution is 2.54. The average Bonchev–Trinajstić information content (AvgIpc) is 2.80. The molecule has 0 N–H and O–H groups in total. The van der Waals surface area contributed by atoms with Gasteiger partial charge in [-0.15, -0.1) is 0 Å². The first kappa shape index (κ1) is 21.7. The first-order valence-electron chi connectivity index (χ1n) is 12.4. The van der Waals surface area contributed by atoms with E-state index >= 15 is 0 Å². The first-order valence-corrected chi connectivity index (χ1v) is 12.4. The van der Waals surface area contributed by atoms with Gasteiger partial charge in [-0.3, -0.25) is 0 Å². The van der Waals surface area contributed by atoms with E-state index in [0.29, 0.717) is 0 Å². The molecule has 0 saturated carbocycles. The smallest absolute Gasteiger partial charge is 0.152 e. The Labute approximate surface area is 207 Å². The van der Waals surface area contributed by atoms with Crippen molar-refractivity contribution in [2.75, 3.05) is 4.90 Å². The van der Waals surface area contributed by atoms with Crippen LogP contribution < -0.4 is 9.64 Å². The van der Waals surface area contributed by atoms with Gasteiger partial charge in [-0.1, -0.05) is 80.9 Å². The summed E-state index contributed by atoms with van der Waals surface area (Å²) in [6.45, 7) is 13.5. The number of ether oxygens (including phenoxy) is 1. The average molecular weight is 458 g/mol. The number of nitrogens with zero attached hydrogens (tertiary/aromatic N) is 1. The Morgan fingerprint density at radius 3 is 1.74 bits per heavy atom. The Balaban J connectivity index is 1.67. The van der Waals surface area contributed by atoms with Gasteiger partial charge in [-0.2, -0.15) is 0 Å². The third-order valence-corrected chi connectivity index (χ3v) is 7.18. The van der Waals surface area contributed by atoms with Gasteiger partial charge in [0.15, 0.2) is 11.5 Å². The van der Waals surface area contributed by atoms with Crippen LogP contribution in [0.2, 0.25) is 0 Å². The van der Waals surface area contributed by atoms with Crippen LogP contribution in [0.1, 0.15) is 43.0 Å². The third kappa shape index (κ3) is 3.56. The molecule has 2 heteroatoms. The van der Waals surface area contributed by atoms with Crippen LogP contribution in [-0.4, -0.2) is 0 Å². The Kier molecular flexibility index (Phi) is 4.73. The predicted molar refractivity (Wildman–Crippen MR) is 149 cm³/mol. The molecule has 0 atom stereocenters. The Morgan fingerprint density at radius 2 is 1.14 bits per heavy atom. The minimum atomic E-state index is 0.0960. The molecule has 0 amide bonds. The maximum absolute atomic E-state index is 6.59. The SMILES string of the molecule is Cc1ccc2cc3c(cc2c1)N(c1c(C)cc(C(C)(C)C)cc1C)c1cc2ccccc2cc1O3. The quantitative estimate of drug-likeness (QED) is 0.244. The van der Waals surface area contributed by atoms with Gasteiger partial charge in [-0.25, -0.2) is 0 Å². The van der Waals surface area contributed by atoms with E-state index in [-0.39, 0.29) is 5.41 Å². The molecule has 0 radical (unpaired) electrons. The topological polar surface area (TPSA) is 12.5 Å². The molecule has 5 aromatic carbocycles. The minimum absolute atomic E-state index is 0.0960. The second kappa shape index (κ2) is 7.61. The minimum Gasteiger partial charge on any atom is -0.453 e. The van der Waals surface area contributed by atoms with Crippen LogP contribution in [-0.2, 0) is 5.41 Å². The Hall–Kier alpha value is -3.78. The third-order valence-electron chi connectivity index (χ3n) is 7.18. The van der Waals surface area contributed by atoms with E-state index in [0.717, 1.165) is 22.9 Å². The van der Waals surface area contributed by atoms with E-state index in [1.807, 2.05) is 0 Å². The van der Waals surface area contributed by atoms with Crippen molar-refractivity contribution in [3.8, 4) is 11.5 Å². The molecule has 0 bridgehead atoms. The summed E-state index contributed by atoms with van der Waals surface area (Å²) in [5.74, 6) is 1.78. The molecule has 35 heavy (non-hydrogen) atoms. The monoisotopic (exact) mass is 457 g/mol. The van der Waals surface area contributed by atoms with Crippen molar-refractivity contribution in [3.63, 3.8) is 0 Å². The summed E-state index contributed by atoms with van der Waals surface area (Å²) >= 11 is 0. The fourth-order valence-electron chi connectivity index (χ4n) is 5.34. The van der Waals surface area contributed by atoms with Crippen molar-refractivity contribution in [2.45, 2.75) is 47.0 Å². The summed E-state index contributed by atoms with van der Waals surface area (Å²) < 4.78 is 6.59. The van der Waals surface area contributed by atoms with Crippen LogP contribution in [0.5, 0.6) is 11.5 Å². The van der Waals surface area contributed by atoms with Gasteiger partial charge in [0.1, 0.15) is 0 Å². The van der Waals surface area contributed by atoms with Crippen molar-refractivity contribution in [1.29, 1.82) is 0 Å². The van der Waals surface area contributed by atoms with E-state index in [9.17, 15) is 0 Å². The molecule has 6 rings (SSSR count). The molecule has 1 aliphatic rings. The van der Waals surface area contributed by atoms with E-state index in [1.54, 1.807) is 0 Å². The molecule has 0 aromatic heterocycles. The molecular formula is C33H31NO. The maximum Gasteiger partial charge on any atom is 0.152 e. The fraction of sp³-hybridized carbons (Fsp3) is 0.212. The molecule has 0 spiro atoms. The molecule has 0 saturated heterocycles. The number of benzene rings is 5. The molecule has 1 heterocycles. The summed E-state index contributed by atoms with van der Waals surface area (Å²) in [6, 6.07) is 28.7. The lowest BCUT2D eigenvalue weighted by molar-refractivity contribution is 0.478. The highest BCUT2D eigenvalue weighted by molar-refractivity contribution is 5.99. The standard InChI is InChI=1S/C33H31NO/c1-20-11-12-25-19-31-29(17-26(25)13-20)34(32-21(2)14-27(15-22(32)3)33(4,5)6)28-16-23-9-7-8-10-24(23)18-30(28)35-31/h7-19H,1-6H3. The second-order valence-corrected chi connectivity index (χ2v) is 11.0. The number of hydrogen-bond donors (Lipinski definition) is 0. The van der Waals surface area contributed by atoms with Crippen molar-refractivity contribution < 1.29 is 4.74 Å². The van der Waals surface area contributed by atoms with Crippen molar-refractivity contribution in [1.82, 2.24) is 0 Å². The Bertz CT molecular complexity index is 1610. The number of aryl methyl sites for hydroxylation is 3. The van der Waals surface area contributed by atoms with E-state index in [4.69, 9.17) is 4.74 Å². The summed E-state index contributed by atoms with van der Waals surface area (Å²) in [5, 5.41) is 4.81. The van der Waals surface area contributed by atoms with Gasteiger partial charge in [-0.05, 0) is 88.7 Å².